The molecule has 1 aliphatic rings. The van der Waals surface area contributed by atoms with Crippen LogP contribution >= 0.6 is 0 Å². The molecule has 374 valence electrons. The third-order valence-corrected chi connectivity index (χ3v) is 15.2. The average Bonchev–Trinajstić information content (AvgIpc) is 1.02. The highest BCUT2D eigenvalue weighted by molar-refractivity contribution is 6.22. The summed E-state index contributed by atoms with van der Waals surface area (Å²) in [5, 5.41) is 8.08. The van der Waals surface area contributed by atoms with Gasteiger partial charge in [0.05, 0.1) is 27.8 Å². The van der Waals surface area contributed by atoms with Gasteiger partial charge in [-0.15, -0.1) is 0 Å². The third-order valence-electron chi connectivity index (χ3n) is 15.2. The molecule has 0 unspecified atom stereocenters. The summed E-state index contributed by atoms with van der Waals surface area (Å²) in [6, 6.07) is 59.6. The van der Waals surface area contributed by atoms with E-state index in [1.54, 1.807) is 6.07 Å². The van der Waals surface area contributed by atoms with Gasteiger partial charge in [-0.2, -0.15) is 0 Å². The zero-order valence-electron chi connectivity index (χ0n) is 53.2. The predicted octanol–water partition coefficient (Wildman–Crippen LogP) is 19.5. The monoisotopic (exact) mass is 990 g/mol. The Kier molecular flexibility index (Phi) is 8.94. The van der Waals surface area contributed by atoms with Gasteiger partial charge in [0.1, 0.15) is 24.0 Å². The van der Waals surface area contributed by atoms with Crippen molar-refractivity contribution in [3.63, 3.8) is 0 Å². The zero-order chi connectivity index (χ0) is 59.8. The van der Waals surface area contributed by atoms with Crippen LogP contribution in [-0.2, 0) is 28.3 Å². The summed E-state index contributed by atoms with van der Waals surface area (Å²) < 4.78 is 91.9. The van der Waals surface area contributed by atoms with Crippen LogP contribution in [0.15, 0.2) is 182 Å². The molecule has 75 heavy (non-hydrogen) atoms. The molecule has 5 heteroatoms. The maximum atomic E-state index is 8.94. The number of ether oxygens (including phenoxy) is 1. The van der Waals surface area contributed by atoms with Crippen molar-refractivity contribution in [1.82, 2.24) is 14.1 Å². The van der Waals surface area contributed by atoms with E-state index in [1.165, 1.54) is 11.6 Å². The fraction of sp³-hybridized carbons (Fsp3) is 0.243. The topological polar surface area (TPSA) is 35.2 Å². The molecule has 0 aliphatic carbocycles. The molecule has 0 amide bonds. The van der Waals surface area contributed by atoms with Gasteiger partial charge in [0.2, 0.25) is 0 Å². The smallest absolute Gasteiger partial charge is 0.137 e. The first-order valence-electron chi connectivity index (χ1n) is 30.5. The van der Waals surface area contributed by atoms with E-state index < -0.39 is 36.8 Å². The molecule has 3 aromatic heterocycles. The van der Waals surface area contributed by atoms with E-state index in [2.05, 4.69) is 183 Å². The average molecular weight is 990 g/mol. The van der Waals surface area contributed by atoms with Crippen LogP contribution in [0.5, 0.6) is 11.5 Å². The highest BCUT2D eigenvalue weighted by Crippen LogP contribution is 2.48. The van der Waals surface area contributed by atoms with Gasteiger partial charge in [0.15, 0.2) is 0 Å². The fourth-order valence-electron chi connectivity index (χ4n) is 11.4. The number of rotatable bonds is 5. The minimum Gasteiger partial charge on any atom is -0.457 e. The van der Waals surface area contributed by atoms with Crippen LogP contribution in [0.2, 0.25) is 0 Å². The number of anilines is 2. The molecular formula is C70H68N4O. The van der Waals surface area contributed by atoms with Crippen molar-refractivity contribution in [3.05, 3.63) is 204 Å². The standard InChI is InChI=1S/C70H68N4O/c1-67(2,3)45-35-36-71-63(40-45)74-60-29-18-17-27-55(60)56-32-31-50(42-62(56)74)75-49-22-19-21-48(41-49)72-43-73-65-57(28-20-30-61(65)72)53-25-15-13-23-51(53)52-24-14-16-26-54(52)58-33-34-59(70(10,11)12)64(66(58)73)44-37-46(68(4,5)6)39-47(38-44)69(7,8)9/h13-42H,43H2,1-12H3/i4D3,5D3,6D3. The van der Waals surface area contributed by atoms with Gasteiger partial charge < -0.3 is 14.2 Å². The van der Waals surface area contributed by atoms with E-state index in [0.29, 0.717) is 29.3 Å². The zero-order valence-corrected chi connectivity index (χ0v) is 44.2. The number of benzene rings is 8. The number of para-hydroxylation sites is 2. The minimum atomic E-state index is -3.48. The Hall–Kier alpha value is -7.89. The van der Waals surface area contributed by atoms with E-state index in [4.69, 9.17) is 22.1 Å². The van der Waals surface area contributed by atoms with Crippen molar-refractivity contribution in [2.75, 3.05) is 4.90 Å². The van der Waals surface area contributed by atoms with Crippen molar-refractivity contribution in [3.8, 4) is 28.4 Å². The highest BCUT2D eigenvalue weighted by Gasteiger charge is 2.30. The lowest BCUT2D eigenvalue weighted by Gasteiger charge is -2.29. The molecule has 0 atom stereocenters. The SMILES string of the molecule is [2H]C([2H])([2H])C(c1cc(-c2c(C(C)(C)C)ccc3c4ccccc4c4ccccc4c4cccc5c4n(c23)CN5c2cccc(Oc3ccc4c5ccccc5n(-c5cc(C(C)(C)C)ccn5)c4c3)c2)cc(C(C)(C)C)c1)(C([2H])([2H])[2H])C([2H])([2H])[2H]. The van der Waals surface area contributed by atoms with Gasteiger partial charge in [-0.05, 0) is 120 Å². The molecule has 5 nitrogen and oxygen atoms in total. The quantitative estimate of drug-likeness (QED) is 0.172. The summed E-state index contributed by atoms with van der Waals surface area (Å²) in [5.74, 6) is 2.11. The van der Waals surface area contributed by atoms with E-state index in [-0.39, 0.29) is 11.0 Å². The van der Waals surface area contributed by atoms with Gasteiger partial charge in [0.25, 0.3) is 0 Å². The molecular weight excluding hydrogens is 913 g/mol. The summed E-state index contributed by atoms with van der Waals surface area (Å²) in [6.45, 7) is 8.76. The maximum Gasteiger partial charge on any atom is 0.137 e. The summed E-state index contributed by atoms with van der Waals surface area (Å²) in [5.41, 5.74) is 4.58. The number of nitrogens with zero attached hydrogens (tertiary/aromatic N) is 4. The molecule has 0 saturated heterocycles. The number of pyridine rings is 1. The lowest BCUT2D eigenvalue weighted by Crippen LogP contribution is -2.18. The van der Waals surface area contributed by atoms with Crippen LogP contribution in [0.1, 0.15) is 117 Å². The number of hydrogen-bond acceptors (Lipinski definition) is 3. The first kappa shape index (κ1) is 38.7. The second-order valence-electron chi connectivity index (χ2n) is 23.5. The maximum absolute atomic E-state index is 8.94. The molecule has 8 aromatic carbocycles. The first-order chi connectivity index (χ1) is 39.5. The summed E-state index contributed by atoms with van der Waals surface area (Å²) in [4.78, 5) is 7.19. The summed E-state index contributed by atoms with van der Waals surface area (Å²) in [7, 11) is 0. The van der Waals surface area contributed by atoms with Crippen LogP contribution in [-0.4, -0.2) is 14.1 Å². The van der Waals surface area contributed by atoms with Crippen molar-refractivity contribution >= 4 is 76.5 Å². The van der Waals surface area contributed by atoms with Gasteiger partial charge in [-0.25, -0.2) is 4.98 Å². The number of hydrogen-bond donors (Lipinski definition) is 0. The van der Waals surface area contributed by atoms with Crippen LogP contribution in [0.25, 0.3) is 82.1 Å². The van der Waals surface area contributed by atoms with E-state index in [0.717, 1.165) is 93.5 Å². The Labute approximate surface area is 455 Å². The Morgan fingerprint density at radius 3 is 1.69 bits per heavy atom. The molecule has 0 N–H and O–H groups in total. The fourth-order valence-corrected chi connectivity index (χ4v) is 11.4. The molecule has 0 spiro atoms. The van der Waals surface area contributed by atoms with E-state index in [9.17, 15) is 0 Å². The third kappa shape index (κ3) is 8.28. The van der Waals surface area contributed by atoms with Gasteiger partial charge >= 0.3 is 0 Å². The molecule has 0 bridgehead atoms. The molecule has 12 rings (SSSR count). The van der Waals surface area contributed by atoms with Crippen molar-refractivity contribution < 1.29 is 17.1 Å². The molecule has 0 fully saturated rings. The van der Waals surface area contributed by atoms with E-state index >= 15 is 0 Å². The van der Waals surface area contributed by atoms with Crippen LogP contribution in [0.4, 0.5) is 11.4 Å². The Balaban J connectivity index is 1.13. The van der Waals surface area contributed by atoms with Crippen LogP contribution in [0.3, 0.4) is 0 Å². The molecule has 0 saturated carbocycles. The van der Waals surface area contributed by atoms with Gasteiger partial charge in [-0.1, -0.05) is 198 Å². The summed E-state index contributed by atoms with van der Waals surface area (Å²) >= 11 is 0. The Bertz CT molecular complexity index is 4510. The molecule has 4 heterocycles. The van der Waals surface area contributed by atoms with Crippen molar-refractivity contribution in [2.24, 2.45) is 0 Å². The largest absolute Gasteiger partial charge is 0.457 e. The molecule has 0 radical (unpaired) electrons. The van der Waals surface area contributed by atoms with Gasteiger partial charge in [-0.3, -0.25) is 4.57 Å². The van der Waals surface area contributed by atoms with E-state index in [1.807, 2.05) is 63.4 Å². The second kappa shape index (κ2) is 17.3. The van der Waals surface area contributed by atoms with Gasteiger partial charge in [0, 0.05) is 63.5 Å². The van der Waals surface area contributed by atoms with Crippen molar-refractivity contribution in [1.29, 1.82) is 0 Å². The minimum absolute atomic E-state index is 0.0821. The Morgan fingerprint density at radius 2 is 1.03 bits per heavy atom. The number of fused-ring (bicyclic) bond motifs is 10. The van der Waals surface area contributed by atoms with Crippen LogP contribution < -0.4 is 9.64 Å². The molecule has 1 aliphatic heterocycles. The van der Waals surface area contributed by atoms with Crippen LogP contribution in [0, 0.1) is 0 Å². The second-order valence-corrected chi connectivity index (χ2v) is 23.5. The molecule has 11 aromatic rings. The number of aromatic nitrogens is 3. The highest BCUT2D eigenvalue weighted by atomic mass is 16.5. The normalized spacial score (nSPS) is 15.5. The summed E-state index contributed by atoms with van der Waals surface area (Å²) in [6.07, 6.45) is 1.88. The first-order valence-corrected chi connectivity index (χ1v) is 26.0. The van der Waals surface area contributed by atoms with Crippen molar-refractivity contribution in [2.45, 2.75) is 111 Å². The Morgan fingerprint density at radius 1 is 0.453 bits per heavy atom. The lowest BCUT2D eigenvalue weighted by atomic mass is 9.76. The lowest BCUT2D eigenvalue weighted by molar-refractivity contribution is 0.483. The predicted molar refractivity (Wildman–Crippen MR) is 320 cm³/mol.